The van der Waals surface area contributed by atoms with Gasteiger partial charge in [-0.05, 0) is 19.3 Å². The number of hydrogen-bond donors (Lipinski definition) is 0. The van der Waals surface area contributed by atoms with Crippen LogP contribution in [0.4, 0.5) is 0 Å². The van der Waals surface area contributed by atoms with Gasteiger partial charge in [0.15, 0.2) is 6.10 Å². The van der Waals surface area contributed by atoms with Crippen molar-refractivity contribution < 1.29 is 28.6 Å². The molecule has 0 aliphatic carbocycles. The van der Waals surface area contributed by atoms with E-state index in [0.717, 1.165) is 57.8 Å². The molecule has 0 spiro atoms. The van der Waals surface area contributed by atoms with Crippen LogP contribution in [0.15, 0.2) is 0 Å². The molecule has 0 aliphatic rings. The van der Waals surface area contributed by atoms with Crippen LogP contribution >= 0.6 is 0 Å². The van der Waals surface area contributed by atoms with Crippen molar-refractivity contribution in [3.63, 3.8) is 0 Å². The lowest BCUT2D eigenvalue weighted by Crippen LogP contribution is -2.30. The second-order valence-electron chi connectivity index (χ2n) is 25.2. The summed E-state index contributed by atoms with van der Waals surface area (Å²) < 4.78 is 17.0. The Balaban J connectivity index is 4.24. The summed E-state index contributed by atoms with van der Waals surface area (Å²) in [7, 11) is 0. The lowest BCUT2D eigenvalue weighted by molar-refractivity contribution is -0.167. The van der Waals surface area contributed by atoms with E-state index in [1.807, 2.05) is 0 Å². The Labute approximate surface area is 495 Å². The first-order valence-electron chi connectivity index (χ1n) is 36.5. The Morgan fingerprint density at radius 1 is 0.203 bits per heavy atom. The van der Waals surface area contributed by atoms with Crippen molar-refractivity contribution in [2.24, 2.45) is 0 Å². The van der Waals surface area contributed by atoms with Gasteiger partial charge in [0.05, 0.1) is 0 Å². The number of unbranched alkanes of at least 4 members (excludes halogenated alkanes) is 58. The molecule has 0 amide bonds. The van der Waals surface area contributed by atoms with Crippen LogP contribution in [0.1, 0.15) is 432 Å². The zero-order valence-electron chi connectivity index (χ0n) is 54.2. The largest absolute Gasteiger partial charge is 0.462 e. The van der Waals surface area contributed by atoms with Crippen molar-refractivity contribution in [1.82, 2.24) is 0 Å². The number of hydrogen-bond acceptors (Lipinski definition) is 6. The second kappa shape index (κ2) is 68.9. The van der Waals surface area contributed by atoms with Crippen LogP contribution in [0.2, 0.25) is 0 Å². The van der Waals surface area contributed by atoms with Gasteiger partial charge >= 0.3 is 17.9 Å². The fraction of sp³-hybridized carbons (Fsp3) is 0.959. The first-order valence-corrected chi connectivity index (χ1v) is 36.5. The van der Waals surface area contributed by atoms with Gasteiger partial charge in [-0.15, -0.1) is 0 Å². The third-order valence-electron chi connectivity index (χ3n) is 17.1. The highest BCUT2D eigenvalue weighted by molar-refractivity contribution is 5.71. The average Bonchev–Trinajstić information content (AvgIpc) is 3.45. The van der Waals surface area contributed by atoms with Gasteiger partial charge < -0.3 is 14.2 Å². The normalized spacial score (nSPS) is 11.9. The summed E-state index contributed by atoms with van der Waals surface area (Å²) in [5, 5.41) is 0. The molecule has 470 valence electrons. The first kappa shape index (κ1) is 77.4. The molecule has 0 radical (unpaired) electrons. The number of ether oxygens (including phenoxy) is 3. The van der Waals surface area contributed by atoms with Crippen LogP contribution in [0.3, 0.4) is 0 Å². The van der Waals surface area contributed by atoms with E-state index >= 15 is 0 Å². The Bertz CT molecular complexity index is 1190. The van der Waals surface area contributed by atoms with E-state index in [4.69, 9.17) is 14.2 Å². The zero-order valence-corrected chi connectivity index (χ0v) is 54.2. The molecule has 0 bridgehead atoms. The second-order valence-corrected chi connectivity index (χ2v) is 25.2. The summed E-state index contributed by atoms with van der Waals surface area (Å²) in [6.07, 6.45) is 81.4. The van der Waals surface area contributed by atoms with Gasteiger partial charge in [0.25, 0.3) is 0 Å². The van der Waals surface area contributed by atoms with Gasteiger partial charge in [-0.1, -0.05) is 393 Å². The summed E-state index contributed by atoms with van der Waals surface area (Å²) in [5.74, 6) is -0.816. The van der Waals surface area contributed by atoms with Crippen LogP contribution < -0.4 is 0 Å². The third-order valence-corrected chi connectivity index (χ3v) is 17.1. The van der Waals surface area contributed by atoms with Gasteiger partial charge in [0, 0.05) is 19.3 Å². The highest BCUT2D eigenvalue weighted by Gasteiger charge is 2.20. The van der Waals surface area contributed by atoms with E-state index in [-0.39, 0.29) is 31.1 Å². The molecule has 0 N–H and O–H groups in total. The lowest BCUT2D eigenvalue weighted by atomic mass is 10.0. The van der Waals surface area contributed by atoms with E-state index in [1.54, 1.807) is 0 Å². The summed E-state index contributed by atoms with van der Waals surface area (Å²) in [5.41, 5.74) is 0. The van der Waals surface area contributed by atoms with Crippen molar-refractivity contribution in [1.29, 1.82) is 0 Å². The van der Waals surface area contributed by atoms with Gasteiger partial charge in [0.2, 0.25) is 0 Å². The van der Waals surface area contributed by atoms with Gasteiger partial charge in [-0.3, -0.25) is 14.4 Å². The van der Waals surface area contributed by atoms with E-state index in [0.29, 0.717) is 19.3 Å². The van der Waals surface area contributed by atoms with Crippen molar-refractivity contribution in [2.45, 2.75) is 438 Å². The maximum absolute atomic E-state index is 13.0. The smallest absolute Gasteiger partial charge is 0.306 e. The Hall–Kier alpha value is -1.59. The maximum atomic E-state index is 13.0. The van der Waals surface area contributed by atoms with Crippen molar-refractivity contribution >= 4 is 17.9 Å². The molecule has 0 aromatic heterocycles. The monoisotopic (exact) mass is 1120 g/mol. The van der Waals surface area contributed by atoms with E-state index < -0.39 is 6.10 Å². The highest BCUT2D eigenvalue weighted by Crippen LogP contribution is 2.20. The quantitative estimate of drug-likeness (QED) is 0.0343. The summed E-state index contributed by atoms with van der Waals surface area (Å²) in [4.78, 5) is 38.5. The fourth-order valence-corrected chi connectivity index (χ4v) is 11.6. The number of rotatable bonds is 69. The molecule has 6 nitrogen and oxygen atoms in total. The van der Waals surface area contributed by atoms with E-state index in [2.05, 4.69) is 20.8 Å². The first-order chi connectivity index (χ1) is 39.0. The Morgan fingerprint density at radius 2 is 0.342 bits per heavy atom. The molecule has 0 saturated carbocycles. The van der Waals surface area contributed by atoms with Crippen LogP contribution in [0.5, 0.6) is 0 Å². The molecule has 1 atom stereocenters. The van der Waals surface area contributed by atoms with Crippen LogP contribution in [0, 0.1) is 0 Å². The van der Waals surface area contributed by atoms with Crippen LogP contribution in [0.25, 0.3) is 0 Å². The number of carbonyl (C=O) groups excluding carboxylic acids is 3. The van der Waals surface area contributed by atoms with Gasteiger partial charge in [-0.2, -0.15) is 0 Å². The van der Waals surface area contributed by atoms with E-state index in [1.165, 1.54) is 334 Å². The predicted octanol–water partition coefficient (Wildman–Crippen LogP) is 25.0. The van der Waals surface area contributed by atoms with Gasteiger partial charge in [-0.25, -0.2) is 0 Å². The molecule has 0 aliphatic heterocycles. The number of carbonyl (C=O) groups is 3. The van der Waals surface area contributed by atoms with Crippen molar-refractivity contribution in [2.75, 3.05) is 13.2 Å². The lowest BCUT2D eigenvalue weighted by Gasteiger charge is -2.18. The highest BCUT2D eigenvalue weighted by atomic mass is 16.6. The summed E-state index contributed by atoms with van der Waals surface area (Å²) >= 11 is 0. The standard InChI is InChI=1S/C73H142O6/c1-4-7-10-13-16-19-22-25-28-31-33-35-37-39-40-42-45-48-51-54-57-60-63-66-72(75)78-69-70(68-77-71(74)65-62-59-56-53-50-47-44-30-27-24-21-18-15-12-9-6-3)79-73(76)67-64-61-58-55-52-49-46-43-41-38-36-34-32-29-26-23-20-17-14-11-8-5-2/h70H,4-69H2,1-3H3. The zero-order chi connectivity index (χ0) is 57.1. The van der Waals surface area contributed by atoms with Gasteiger partial charge in [0.1, 0.15) is 13.2 Å². The predicted molar refractivity (Wildman–Crippen MR) is 344 cm³/mol. The molecule has 0 aromatic carbocycles. The third kappa shape index (κ3) is 67.1. The molecular weight excluding hydrogens is 973 g/mol. The molecule has 0 aromatic rings. The van der Waals surface area contributed by atoms with Crippen molar-refractivity contribution in [3.8, 4) is 0 Å². The fourth-order valence-electron chi connectivity index (χ4n) is 11.6. The molecular formula is C73H142O6. The Morgan fingerprint density at radius 3 is 0.506 bits per heavy atom. The van der Waals surface area contributed by atoms with Crippen LogP contribution in [-0.2, 0) is 28.6 Å². The topological polar surface area (TPSA) is 78.9 Å². The van der Waals surface area contributed by atoms with Crippen LogP contribution in [-0.4, -0.2) is 37.2 Å². The minimum Gasteiger partial charge on any atom is -0.462 e. The molecule has 1 unspecified atom stereocenters. The Kier molecular flexibility index (Phi) is 67.5. The number of esters is 3. The summed E-state index contributed by atoms with van der Waals surface area (Å²) in [6, 6.07) is 0. The average molecular weight is 1120 g/mol. The minimum absolute atomic E-state index is 0.0599. The molecule has 0 heterocycles. The minimum atomic E-state index is -0.764. The molecule has 0 saturated heterocycles. The van der Waals surface area contributed by atoms with E-state index in [9.17, 15) is 14.4 Å². The SMILES string of the molecule is CCCCCCCCCCCCCCCCCCCCCCCCCC(=O)OCC(COC(=O)CCCCCCCCCCCCCCCCCC)OC(=O)CCCCCCCCCCCCCCCCCCCCCCCC. The molecule has 0 rings (SSSR count). The maximum Gasteiger partial charge on any atom is 0.306 e. The van der Waals surface area contributed by atoms with Crippen molar-refractivity contribution in [3.05, 3.63) is 0 Å². The molecule has 0 fully saturated rings. The molecule has 6 heteroatoms. The summed E-state index contributed by atoms with van der Waals surface area (Å²) in [6.45, 7) is 6.75. The molecule has 79 heavy (non-hydrogen) atoms.